The lowest BCUT2D eigenvalue weighted by Gasteiger charge is -2.34. The fourth-order valence-electron chi connectivity index (χ4n) is 5.09. The van der Waals surface area contributed by atoms with Crippen molar-refractivity contribution in [2.75, 3.05) is 25.1 Å². The van der Waals surface area contributed by atoms with Crippen LogP contribution in [0.25, 0.3) is 11.0 Å². The van der Waals surface area contributed by atoms with E-state index in [2.05, 4.69) is 4.98 Å². The predicted octanol–water partition coefficient (Wildman–Crippen LogP) is 5.39. The molecule has 1 aliphatic rings. The van der Waals surface area contributed by atoms with Gasteiger partial charge in [0.2, 0.25) is 0 Å². The monoisotopic (exact) mass is 518 g/mol. The zero-order valence-electron chi connectivity index (χ0n) is 19.8. The summed E-state index contributed by atoms with van der Waals surface area (Å²) in [4.78, 5) is 18.9. The second-order valence-corrected chi connectivity index (χ2v) is 8.89. The smallest absolute Gasteiger partial charge is 0.418 e. The van der Waals surface area contributed by atoms with Crippen molar-refractivity contribution in [2.24, 2.45) is 0 Å². The summed E-state index contributed by atoms with van der Waals surface area (Å²) in [6, 6.07) is 9.68. The number of hydrogen-bond donors (Lipinski definition) is 0. The normalized spacial score (nSPS) is 14.9. The average Bonchev–Trinajstić information content (AvgIpc) is 3.15. The number of anilines is 1. The molecule has 37 heavy (non-hydrogen) atoms. The highest BCUT2D eigenvalue weighted by atomic mass is 19.4. The number of hydrogen-bond acceptors (Lipinski definition) is 4. The number of methoxy groups -OCH3 is 1. The molecular weight excluding hydrogens is 495 g/mol. The van der Waals surface area contributed by atoms with Crippen LogP contribution in [0, 0.1) is 11.6 Å². The Morgan fingerprint density at radius 3 is 2.35 bits per heavy atom. The molecule has 0 bridgehead atoms. The molecule has 0 amide bonds. The molecule has 2 aromatic heterocycles. The fourth-order valence-corrected chi connectivity index (χ4v) is 5.09. The summed E-state index contributed by atoms with van der Waals surface area (Å²) in [5.74, 6) is -0.966. The molecule has 0 spiro atoms. The highest BCUT2D eigenvalue weighted by Crippen LogP contribution is 2.35. The molecule has 0 aliphatic carbocycles. The van der Waals surface area contributed by atoms with Gasteiger partial charge < -0.3 is 9.64 Å². The lowest BCUT2D eigenvalue weighted by Crippen LogP contribution is -2.38. The van der Waals surface area contributed by atoms with E-state index in [9.17, 15) is 26.7 Å². The molecule has 194 valence electrons. The molecule has 1 aliphatic heterocycles. The maximum absolute atomic E-state index is 14.3. The standard InChI is InChI=1S/C26H23F5N4O2/c1-37-22-7-3-6-21-24(22)34(15-16-8-11-32-14-18(16)26(29,30)31)25(36)35(21)17-9-12-33(13-10-17)23-19(27)4-2-5-20(23)28/h2-8,11,14,17H,9-10,12-13,15H2,1H3. The quantitative estimate of drug-likeness (QED) is 0.333. The van der Waals surface area contributed by atoms with Gasteiger partial charge in [0.15, 0.2) is 0 Å². The Labute approximate surface area is 208 Å². The molecule has 5 rings (SSSR count). The molecule has 1 saturated heterocycles. The molecule has 0 atom stereocenters. The summed E-state index contributed by atoms with van der Waals surface area (Å²) < 4.78 is 77.8. The molecule has 0 saturated carbocycles. The number of benzene rings is 2. The van der Waals surface area contributed by atoms with Crippen molar-refractivity contribution in [3.63, 3.8) is 0 Å². The largest absolute Gasteiger partial charge is 0.494 e. The molecule has 11 heteroatoms. The molecular formula is C26H23F5N4O2. The van der Waals surface area contributed by atoms with E-state index in [1.54, 1.807) is 27.7 Å². The van der Waals surface area contributed by atoms with Gasteiger partial charge in [-0.1, -0.05) is 12.1 Å². The SMILES string of the molecule is COc1cccc2c1n(Cc1ccncc1C(F)(F)F)c(=O)n2C1CCN(c2c(F)cccc2F)CC1. The zero-order valence-corrected chi connectivity index (χ0v) is 19.8. The van der Waals surface area contributed by atoms with E-state index in [4.69, 9.17) is 4.74 Å². The number of piperidine rings is 1. The fraction of sp³-hybridized carbons (Fsp3) is 0.308. The number of rotatable bonds is 5. The van der Waals surface area contributed by atoms with Gasteiger partial charge in [-0.2, -0.15) is 13.2 Å². The number of aromatic nitrogens is 3. The van der Waals surface area contributed by atoms with Crippen LogP contribution in [0.3, 0.4) is 0 Å². The van der Waals surface area contributed by atoms with E-state index >= 15 is 0 Å². The Morgan fingerprint density at radius 1 is 1.03 bits per heavy atom. The zero-order chi connectivity index (χ0) is 26.3. The third kappa shape index (κ3) is 4.42. The minimum absolute atomic E-state index is 0.0978. The van der Waals surface area contributed by atoms with Gasteiger partial charge >= 0.3 is 11.9 Å². The van der Waals surface area contributed by atoms with Gasteiger partial charge in [0.25, 0.3) is 0 Å². The molecule has 2 aromatic carbocycles. The maximum atomic E-state index is 14.3. The topological polar surface area (TPSA) is 52.3 Å². The molecule has 4 aromatic rings. The highest BCUT2D eigenvalue weighted by molar-refractivity contribution is 5.83. The van der Waals surface area contributed by atoms with Gasteiger partial charge in [-0.3, -0.25) is 14.1 Å². The summed E-state index contributed by atoms with van der Waals surface area (Å²) in [5.41, 5.74) is -0.711. The van der Waals surface area contributed by atoms with E-state index < -0.39 is 29.1 Å². The van der Waals surface area contributed by atoms with Gasteiger partial charge in [0.1, 0.15) is 28.6 Å². The van der Waals surface area contributed by atoms with E-state index in [1.807, 2.05) is 0 Å². The van der Waals surface area contributed by atoms with Crippen LogP contribution < -0.4 is 15.3 Å². The van der Waals surface area contributed by atoms with Gasteiger partial charge in [0.05, 0.1) is 24.7 Å². The number of para-hydroxylation sites is 2. The summed E-state index contributed by atoms with van der Waals surface area (Å²) in [7, 11) is 1.43. The molecule has 6 nitrogen and oxygen atoms in total. The van der Waals surface area contributed by atoms with Gasteiger partial charge in [-0.15, -0.1) is 0 Å². The minimum Gasteiger partial charge on any atom is -0.494 e. The van der Waals surface area contributed by atoms with Crippen molar-refractivity contribution >= 4 is 16.7 Å². The molecule has 1 fully saturated rings. The van der Waals surface area contributed by atoms with E-state index in [0.29, 0.717) is 42.7 Å². The van der Waals surface area contributed by atoms with Crippen LogP contribution in [-0.4, -0.2) is 34.3 Å². The number of nitrogens with zero attached hydrogens (tertiary/aromatic N) is 4. The van der Waals surface area contributed by atoms with Crippen molar-refractivity contribution in [3.05, 3.63) is 88.1 Å². The van der Waals surface area contributed by atoms with Crippen LogP contribution in [-0.2, 0) is 12.7 Å². The third-order valence-electron chi connectivity index (χ3n) is 6.79. The van der Waals surface area contributed by atoms with E-state index in [1.165, 1.54) is 42.1 Å². The van der Waals surface area contributed by atoms with Crippen LogP contribution in [0.5, 0.6) is 5.75 Å². The molecule has 3 heterocycles. The lowest BCUT2D eigenvalue weighted by atomic mass is 10.0. The Balaban J connectivity index is 1.55. The minimum atomic E-state index is -4.63. The van der Waals surface area contributed by atoms with Gasteiger partial charge in [-0.25, -0.2) is 13.6 Å². The van der Waals surface area contributed by atoms with Crippen LogP contribution in [0.15, 0.2) is 59.7 Å². The first-order valence-corrected chi connectivity index (χ1v) is 11.7. The van der Waals surface area contributed by atoms with E-state index in [-0.39, 0.29) is 23.8 Å². The van der Waals surface area contributed by atoms with Crippen molar-refractivity contribution in [2.45, 2.75) is 31.6 Å². The van der Waals surface area contributed by atoms with Crippen molar-refractivity contribution < 1.29 is 26.7 Å². The second kappa shape index (κ2) is 9.53. The first-order chi connectivity index (χ1) is 17.7. The Kier molecular flexibility index (Phi) is 6.38. The summed E-state index contributed by atoms with van der Waals surface area (Å²) >= 11 is 0. The second-order valence-electron chi connectivity index (χ2n) is 8.89. The Bertz CT molecular complexity index is 1480. The average molecular weight is 518 g/mol. The number of pyridine rings is 1. The Hall–Kier alpha value is -3.89. The van der Waals surface area contributed by atoms with Crippen molar-refractivity contribution in [1.29, 1.82) is 0 Å². The highest BCUT2D eigenvalue weighted by Gasteiger charge is 2.34. The third-order valence-corrected chi connectivity index (χ3v) is 6.79. The van der Waals surface area contributed by atoms with Crippen LogP contribution in [0.2, 0.25) is 0 Å². The number of alkyl halides is 3. The number of imidazole rings is 1. The predicted molar refractivity (Wildman–Crippen MR) is 128 cm³/mol. The lowest BCUT2D eigenvalue weighted by molar-refractivity contribution is -0.138. The van der Waals surface area contributed by atoms with Crippen LogP contribution in [0.4, 0.5) is 27.6 Å². The maximum Gasteiger partial charge on any atom is 0.418 e. The summed E-state index contributed by atoms with van der Waals surface area (Å²) in [5, 5.41) is 0. The van der Waals surface area contributed by atoms with Gasteiger partial charge in [0, 0.05) is 31.5 Å². The van der Waals surface area contributed by atoms with Crippen LogP contribution >= 0.6 is 0 Å². The summed E-state index contributed by atoms with van der Waals surface area (Å²) in [6.45, 7) is 0.266. The summed E-state index contributed by atoms with van der Waals surface area (Å²) in [6.07, 6.45) is -1.82. The number of ether oxygens (including phenoxy) is 1. The first-order valence-electron chi connectivity index (χ1n) is 11.7. The molecule has 0 radical (unpaired) electrons. The Morgan fingerprint density at radius 2 is 1.70 bits per heavy atom. The first kappa shape index (κ1) is 24.8. The van der Waals surface area contributed by atoms with E-state index in [0.717, 1.165) is 6.20 Å². The molecule has 0 N–H and O–H groups in total. The molecule has 0 unspecified atom stereocenters. The number of fused-ring (bicyclic) bond motifs is 1. The van der Waals surface area contributed by atoms with Gasteiger partial charge in [-0.05, 0) is 48.7 Å². The number of halogens is 5. The van der Waals surface area contributed by atoms with Crippen molar-refractivity contribution in [1.82, 2.24) is 14.1 Å². The van der Waals surface area contributed by atoms with Crippen LogP contribution in [0.1, 0.15) is 30.0 Å². The van der Waals surface area contributed by atoms with Crippen molar-refractivity contribution in [3.8, 4) is 5.75 Å².